The van der Waals surface area contributed by atoms with Crippen molar-refractivity contribution in [2.45, 2.75) is 6.18 Å². The van der Waals surface area contributed by atoms with E-state index >= 15 is 0 Å². The Kier molecular flexibility index (Phi) is 4.50. The second kappa shape index (κ2) is 5.87. The molecule has 0 saturated carbocycles. The largest absolute Gasteiger partial charge is 0.512 e. The average Bonchev–Trinajstić information content (AvgIpc) is 2.41. The van der Waals surface area contributed by atoms with Gasteiger partial charge in [-0.15, -0.1) is 0 Å². The van der Waals surface area contributed by atoms with Crippen molar-refractivity contribution in [1.29, 1.82) is 5.26 Å². The molecular weight excluding hydrogens is 239 g/mol. The molecule has 0 saturated heterocycles. The first-order valence-corrected chi connectivity index (χ1v) is 5.02. The van der Waals surface area contributed by atoms with Gasteiger partial charge in [0.15, 0.2) is 0 Å². The molecule has 0 unspecified atom stereocenters. The SMILES string of the molecule is FC(F)(F)c1cccc(-c2ccccc2)c1.[C-]#N. The molecule has 0 radical (unpaired) electrons. The van der Waals surface area contributed by atoms with Gasteiger partial charge in [0, 0.05) is 0 Å². The predicted molar refractivity (Wildman–Crippen MR) is 61.8 cm³/mol. The summed E-state index contributed by atoms with van der Waals surface area (Å²) in [7, 11) is 0. The Morgan fingerprint density at radius 2 is 1.33 bits per heavy atom. The lowest BCUT2D eigenvalue weighted by atomic mass is 10.0. The van der Waals surface area contributed by atoms with Crippen LogP contribution in [0.3, 0.4) is 0 Å². The molecule has 2 aromatic rings. The van der Waals surface area contributed by atoms with E-state index in [0.717, 1.165) is 17.7 Å². The van der Waals surface area contributed by atoms with Gasteiger partial charge in [0.25, 0.3) is 0 Å². The lowest BCUT2D eigenvalue weighted by Gasteiger charge is -2.08. The fraction of sp³-hybridized carbons (Fsp3) is 0.0714. The van der Waals surface area contributed by atoms with Crippen molar-refractivity contribution in [2.24, 2.45) is 0 Å². The third kappa shape index (κ3) is 3.36. The van der Waals surface area contributed by atoms with Gasteiger partial charge in [-0.25, -0.2) is 0 Å². The van der Waals surface area contributed by atoms with Gasteiger partial charge >= 0.3 is 6.18 Å². The highest BCUT2D eigenvalue weighted by Gasteiger charge is 2.30. The molecule has 18 heavy (non-hydrogen) atoms. The Morgan fingerprint density at radius 3 is 1.89 bits per heavy atom. The molecule has 92 valence electrons. The number of hydrogen-bond acceptors (Lipinski definition) is 1. The average molecular weight is 248 g/mol. The third-order valence-corrected chi connectivity index (χ3v) is 2.30. The van der Waals surface area contributed by atoms with Crippen LogP contribution >= 0.6 is 0 Å². The minimum Gasteiger partial charge on any atom is -0.512 e. The normalized spacial score (nSPS) is 10.3. The van der Waals surface area contributed by atoms with Crippen LogP contribution in [0.25, 0.3) is 11.1 Å². The summed E-state index contributed by atoms with van der Waals surface area (Å²) in [5.41, 5.74) is 0.748. The highest BCUT2D eigenvalue weighted by Crippen LogP contribution is 2.31. The lowest BCUT2D eigenvalue weighted by molar-refractivity contribution is -0.137. The van der Waals surface area contributed by atoms with E-state index in [4.69, 9.17) is 11.8 Å². The van der Waals surface area contributed by atoms with Gasteiger partial charge in [-0.2, -0.15) is 13.2 Å². The summed E-state index contributed by atoms with van der Waals surface area (Å²) in [6.45, 7) is 4.75. The first-order valence-electron chi connectivity index (χ1n) is 5.02. The van der Waals surface area contributed by atoms with Gasteiger partial charge in [0.2, 0.25) is 0 Å². The molecule has 0 amide bonds. The molecule has 0 spiro atoms. The Hall–Kier alpha value is -2.28. The maximum atomic E-state index is 12.5. The summed E-state index contributed by atoms with van der Waals surface area (Å²) in [6, 6.07) is 14.3. The fourth-order valence-corrected chi connectivity index (χ4v) is 1.51. The van der Waals surface area contributed by atoms with Crippen LogP contribution in [0.5, 0.6) is 0 Å². The Morgan fingerprint density at radius 1 is 0.778 bits per heavy atom. The maximum absolute atomic E-state index is 12.5. The molecule has 0 aromatic heterocycles. The minimum absolute atomic E-state index is 0.579. The standard InChI is InChI=1S/C13H9F3.CN/c14-13(15,16)12-8-4-7-11(9-12)10-5-2-1-3-6-10;1-2/h1-9H;/q;-1. The van der Waals surface area contributed by atoms with Crippen LogP contribution in [-0.2, 0) is 6.18 Å². The van der Waals surface area contributed by atoms with Crippen LogP contribution in [0.1, 0.15) is 5.56 Å². The highest BCUT2D eigenvalue weighted by molar-refractivity contribution is 5.64. The molecule has 0 N–H and O–H groups in total. The van der Waals surface area contributed by atoms with E-state index in [1.54, 1.807) is 30.3 Å². The number of halogens is 3. The number of nitrogens with zero attached hydrogens (tertiary/aromatic N) is 1. The Bertz CT molecular complexity index is 515. The topological polar surface area (TPSA) is 23.8 Å². The van der Waals surface area contributed by atoms with Crippen LogP contribution in [0.15, 0.2) is 54.6 Å². The van der Waals surface area contributed by atoms with E-state index in [1.807, 2.05) is 6.07 Å². The molecule has 1 nitrogen and oxygen atoms in total. The molecule has 0 aliphatic rings. The Labute approximate surface area is 103 Å². The van der Waals surface area contributed by atoms with Crippen molar-refractivity contribution in [3.8, 4) is 11.1 Å². The van der Waals surface area contributed by atoms with Gasteiger partial charge in [-0.3, -0.25) is 0 Å². The smallest absolute Gasteiger partial charge is 0.416 e. The lowest BCUT2D eigenvalue weighted by Crippen LogP contribution is -2.04. The van der Waals surface area contributed by atoms with Gasteiger partial charge in [0.05, 0.1) is 5.56 Å². The molecule has 0 heterocycles. The summed E-state index contributed by atoms with van der Waals surface area (Å²) in [5.74, 6) is 0. The van der Waals surface area contributed by atoms with E-state index in [-0.39, 0.29) is 0 Å². The molecule has 0 bridgehead atoms. The van der Waals surface area contributed by atoms with Crippen molar-refractivity contribution in [3.05, 3.63) is 66.7 Å². The number of alkyl halides is 3. The molecule has 2 aromatic carbocycles. The minimum atomic E-state index is -4.29. The summed E-state index contributed by atoms with van der Waals surface area (Å²) < 4.78 is 37.5. The summed E-state index contributed by atoms with van der Waals surface area (Å²) in [5, 5.41) is 6.25. The summed E-state index contributed by atoms with van der Waals surface area (Å²) in [6.07, 6.45) is -4.29. The summed E-state index contributed by atoms with van der Waals surface area (Å²) in [4.78, 5) is 0. The van der Waals surface area contributed by atoms with E-state index in [9.17, 15) is 13.2 Å². The van der Waals surface area contributed by atoms with Gasteiger partial charge in [0.1, 0.15) is 0 Å². The fourth-order valence-electron chi connectivity index (χ4n) is 1.51. The molecular formula is C14H9F3N-. The van der Waals surface area contributed by atoms with E-state index in [2.05, 4.69) is 0 Å². The van der Waals surface area contributed by atoms with Crippen molar-refractivity contribution >= 4 is 0 Å². The van der Waals surface area contributed by atoms with Crippen LogP contribution in [0, 0.1) is 11.8 Å². The molecule has 0 atom stereocenters. The monoisotopic (exact) mass is 248 g/mol. The van der Waals surface area contributed by atoms with Crippen LogP contribution in [0.4, 0.5) is 13.2 Å². The van der Waals surface area contributed by atoms with Crippen molar-refractivity contribution in [2.75, 3.05) is 0 Å². The van der Waals surface area contributed by atoms with Gasteiger partial charge in [-0.05, 0) is 23.3 Å². The maximum Gasteiger partial charge on any atom is 0.416 e. The molecule has 0 aliphatic carbocycles. The molecule has 2 rings (SSSR count). The second-order valence-corrected chi connectivity index (χ2v) is 3.44. The zero-order valence-corrected chi connectivity index (χ0v) is 9.28. The Balaban J connectivity index is 0.000000771. The quantitative estimate of drug-likeness (QED) is 0.683. The zero-order valence-electron chi connectivity index (χ0n) is 9.28. The highest BCUT2D eigenvalue weighted by atomic mass is 19.4. The van der Waals surface area contributed by atoms with E-state index in [0.29, 0.717) is 5.56 Å². The molecule has 0 fully saturated rings. The van der Waals surface area contributed by atoms with Crippen molar-refractivity contribution < 1.29 is 13.2 Å². The van der Waals surface area contributed by atoms with Crippen molar-refractivity contribution in [1.82, 2.24) is 0 Å². The molecule has 0 aliphatic heterocycles. The second-order valence-electron chi connectivity index (χ2n) is 3.44. The van der Waals surface area contributed by atoms with Crippen LogP contribution in [-0.4, -0.2) is 0 Å². The molecule has 4 heteroatoms. The number of hydrogen-bond donors (Lipinski definition) is 0. The van der Waals surface area contributed by atoms with Gasteiger partial charge < -0.3 is 11.8 Å². The predicted octanol–water partition coefficient (Wildman–Crippen LogP) is 4.47. The van der Waals surface area contributed by atoms with Crippen LogP contribution < -0.4 is 0 Å². The van der Waals surface area contributed by atoms with E-state index < -0.39 is 11.7 Å². The zero-order chi connectivity index (χ0) is 13.6. The van der Waals surface area contributed by atoms with Crippen LogP contribution in [0.2, 0.25) is 0 Å². The number of rotatable bonds is 1. The van der Waals surface area contributed by atoms with E-state index in [1.165, 1.54) is 6.07 Å². The first kappa shape index (κ1) is 13.8. The number of benzene rings is 2. The van der Waals surface area contributed by atoms with Crippen molar-refractivity contribution in [3.63, 3.8) is 0 Å². The summed E-state index contributed by atoms with van der Waals surface area (Å²) >= 11 is 0. The van der Waals surface area contributed by atoms with Gasteiger partial charge in [-0.1, -0.05) is 42.5 Å². The first-order chi connectivity index (χ1) is 8.57. The third-order valence-electron chi connectivity index (χ3n) is 2.30.